The van der Waals surface area contributed by atoms with Crippen LogP contribution in [0.15, 0.2) is 51.8 Å². The summed E-state index contributed by atoms with van der Waals surface area (Å²) >= 11 is 4.96. The van der Waals surface area contributed by atoms with Gasteiger partial charge in [0, 0.05) is 21.6 Å². The average molecular weight is 349 g/mol. The topological polar surface area (TPSA) is 55.1 Å². The Morgan fingerprint density at radius 1 is 1.30 bits per heavy atom. The van der Waals surface area contributed by atoms with Crippen LogP contribution in [0.1, 0.15) is 10.4 Å². The van der Waals surface area contributed by atoms with Gasteiger partial charge in [-0.1, -0.05) is 12.1 Å². The van der Waals surface area contributed by atoms with E-state index in [9.17, 15) is 9.90 Å². The third-order valence-corrected chi connectivity index (χ3v) is 4.19. The Labute approximate surface area is 127 Å². The van der Waals surface area contributed by atoms with Gasteiger partial charge in [-0.15, -0.1) is 0 Å². The number of hydrogen-bond donors (Lipinski definition) is 1. The number of carbonyl (C=O) groups is 1. The maximum absolute atomic E-state index is 11.4. The summed E-state index contributed by atoms with van der Waals surface area (Å²) in [6, 6.07) is 9.41. The number of carboxylic acid groups (broad SMARTS) is 1. The average Bonchev–Trinajstić information content (AvgIpc) is 3.08. The van der Waals surface area contributed by atoms with Crippen molar-refractivity contribution in [3.05, 3.63) is 57.3 Å². The molecule has 2 aromatic heterocycles. The van der Waals surface area contributed by atoms with Gasteiger partial charge in [-0.3, -0.25) is 0 Å². The van der Waals surface area contributed by atoms with Gasteiger partial charge < -0.3 is 5.11 Å². The van der Waals surface area contributed by atoms with E-state index in [1.54, 1.807) is 4.68 Å². The molecule has 20 heavy (non-hydrogen) atoms. The molecule has 1 aromatic carbocycles. The highest BCUT2D eigenvalue weighted by atomic mass is 79.9. The molecule has 0 bridgehead atoms. The molecule has 0 amide bonds. The molecule has 0 spiro atoms. The van der Waals surface area contributed by atoms with Crippen LogP contribution >= 0.6 is 27.3 Å². The first-order valence-electron chi connectivity index (χ1n) is 5.77. The third-order valence-electron chi connectivity index (χ3n) is 2.84. The Kier molecular flexibility index (Phi) is 3.42. The smallest absolute Gasteiger partial charge is 0.339 e. The number of benzene rings is 1. The van der Waals surface area contributed by atoms with Crippen molar-refractivity contribution in [2.24, 2.45) is 0 Å². The number of aromatic nitrogens is 2. The summed E-state index contributed by atoms with van der Waals surface area (Å²) in [4.78, 5) is 11.4. The van der Waals surface area contributed by atoms with E-state index in [1.165, 1.54) is 17.5 Å². The standard InChI is InChI=1S/C14H9BrN2O2S/c15-11-3-1-2-4-12(11)17-7-10(14(18)19)13(16-17)9-5-6-20-8-9/h1-8H,(H,18,19). The van der Waals surface area contributed by atoms with Gasteiger partial charge in [-0.2, -0.15) is 16.4 Å². The number of nitrogens with zero attached hydrogens (tertiary/aromatic N) is 2. The van der Waals surface area contributed by atoms with E-state index in [0.717, 1.165) is 15.7 Å². The minimum absolute atomic E-state index is 0.194. The predicted molar refractivity (Wildman–Crippen MR) is 81.5 cm³/mol. The zero-order chi connectivity index (χ0) is 14.1. The number of para-hydroxylation sites is 1. The van der Waals surface area contributed by atoms with Crippen molar-refractivity contribution in [3.63, 3.8) is 0 Å². The van der Waals surface area contributed by atoms with Gasteiger partial charge >= 0.3 is 5.97 Å². The SMILES string of the molecule is O=C(O)c1cn(-c2ccccc2Br)nc1-c1ccsc1. The van der Waals surface area contributed by atoms with Gasteiger partial charge in [0.15, 0.2) is 0 Å². The molecule has 100 valence electrons. The minimum Gasteiger partial charge on any atom is -0.478 e. The molecule has 0 aliphatic rings. The summed E-state index contributed by atoms with van der Waals surface area (Å²) in [5.74, 6) is -0.982. The first kappa shape index (κ1) is 13.1. The van der Waals surface area contributed by atoms with Gasteiger partial charge in [0.2, 0.25) is 0 Å². The number of rotatable bonds is 3. The van der Waals surface area contributed by atoms with E-state index in [1.807, 2.05) is 41.1 Å². The highest BCUT2D eigenvalue weighted by Crippen LogP contribution is 2.27. The fourth-order valence-corrected chi connectivity index (χ4v) is 3.01. The largest absolute Gasteiger partial charge is 0.478 e. The monoisotopic (exact) mass is 348 g/mol. The van der Waals surface area contributed by atoms with Crippen LogP contribution in [0.25, 0.3) is 16.9 Å². The summed E-state index contributed by atoms with van der Waals surface area (Å²) < 4.78 is 2.44. The molecule has 0 aliphatic carbocycles. The van der Waals surface area contributed by atoms with Crippen molar-refractivity contribution in [2.45, 2.75) is 0 Å². The maximum Gasteiger partial charge on any atom is 0.339 e. The molecule has 0 radical (unpaired) electrons. The van der Waals surface area contributed by atoms with Crippen molar-refractivity contribution in [3.8, 4) is 16.9 Å². The second-order valence-corrected chi connectivity index (χ2v) is 5.74. The second-order valence-electron chi connectivity index (χ2n) is 4.10. The van der Waals surface area contributed by atoms with Crippen LogP contribution < -0.4 is 0 Å². The van der Waals surface area contributed by atoms with E-state index >= 15 is 0 Å². The van der Waals surface area contributed by atoms with E-state index in [-0.39, 0.29) is 5.56 Å². The van der Waals surface area contributed by atoms with Crippen LogP contribution in [0, 0.1) is 0 Å². The fourth-order valence-electron chi connectivity index (χ4n) is 1.90. The van der Waals surface area contributed by atoms with Crippen molar-refractivity contribution in [1.82, 2.24) is 9.78 Å². The third kappa shape index (κ3) is 2.28. The molecule has 3 rings (SSSR count). The van der Waals surface area contributed by atoms with Crippen LogP contribution in [-0.4, -0.2) is 20.9 Å². The molecule has 0 aliphatic heterocycles. The van der Waals surface area contributed by atoms with E-state index in [4.69, 9.17) is 0 Å². The zero-order valence-electron chi connectivity index (χ0n) is 10.2. The molecule has 0 saturated carbocycles. The second kappa shape index (κ2) is 5.22. The molecular weight excluding hydrogens is 340 g/mol. The lowest BCUT2D eigenvalue weighted by atomic mass is 10.1. The molecule has 0 saturated heterocycles. The van der Waals surface area contributed by atoms with Crippen LogP contribution in [0.3, 0.4) is 0 Å². The molecule has 3 aromatic rings. The van der Waals surface area contributed by atoms with Crippen LogP contribution in [0.2, 0.25) is 0 Å². The summed E-state index contributed by atoms with van der Waals surface area (Å²) in [7, 11) is 0. The van der Waals surface area contributed by atoms with Crippen molar-refractivity contribution in [2.75, 3.05) is 0 Å². The molecular formula is C14H9BrN2O2S. The van der Waals surface area contributed by atoms with Crippen molar-refractivity contribution >= 4 is 33.2 Å². The highest BCUT2D eigenvalue weighted by Gasteiger charge is 2.18. The Morgan fingerprint density at radius 3 is 2.75 bits per heavy atom. The first-order chi connectivity index (χ1) is 9.66. The molecule has 4 nitrogen and oxygen atoms in total. The number of hydrogen-bond acceptors (Lipinski definition) is 3. The van der Waals surface area contributed by atoms with Gasteiger partial charge in [0.25, 0.3) is 0 Å². The number of thiophene rings is 1. The van der Waals surface area contributed by atoms with Gasteiger partial charge in [0.1, 0.15) is 11.3 Å². The predicted octanol–water partition coefficient (Wildman–Crippen LogP) is 4.06. The maximum atomic E-state index is 11.4. The number of aromatic carboxylic acids is 1. The van der Waals surface area contributed by atoms with Crippen LogP contribution in [0.5, 0.6) is 0 Å². The van der Waals surface area contributed by atoms with E-state index in [2.05, 4.69) is 21.0 Å². The first-order valence-corrected chi connectivity index (χ1v) is 7.51. The zero-order valence-corrected chi connectivity index (χ0v) is 12.6. The van der Waals surface area contributed by atoms with Crippen molar-refractivity contribution < 1.29 is 9.90 Å². The van der Waals surface area contributed by atoms with Crippen LogP contribution in [-0.2, 0) is 0 Å². The lowest BCUT2D eigenvalue weighted by Gasteiger charge is -2.03. The Hall–Kier alpha value is -1.92. The van der Waals surface area contributed by atoms with Crippen molar-refractivity contribution in [1.29, 1.82) is 0 Å². The molecule has 0 fully saturated rings. The van der Waals surface area contributed by atoms with Gasteiger partial charge in [0.05, 0.1) is 5.69 Å². The van der Waals surface area contributed by atoms with E-state index < -0.39 is 5.97 Å². The Bertz CT molecular complexity index is 765. The minimum atomic E-state index is -0.982. The van der Waals surface area contributed by atoms with E-state index in [0.29, 0.717) is 5.69 Å². The Balaban J connectivity index is 2.18. The van der Waals surface area contributed by atoms with Gasteiger partial charge in [-0.05, 0) is 39.5 Å². The number of carboxylic acids is 1. The summed E-state index contributed by atoms with van der Waals surface area (Å²) in [5.41, 5.74) is 2.29. The lowest BCUT2D eigenvalue weighted by Crippen LogP contribution is -1.96. The quantitative estimate of drug-likeness (QED) is 0.776. The van der Waals surface area contributed by atoms with Gasteiger partial charge in [-0.25, -0.2) is 9.48 Å². The summed E-state index contributed by atoms with van der Waals surface area (Å²) in [6.07, 6.45) is 1.54. The fraction of sp³-hybridized carbons (Fsp3) is 0. The molecule has 6 heteroatoms. The number of halogens is 1. The molecule has 0 atom stereocenters. The summed E-state index contributed by atoms with van der Waals surface area (Å²) in [5, 5.41) is 17.5. The normalized spacial score (nSPS) is 10.7. The summed E-state index contributed by atoms with van der Waals surface area (Å²) in [6.45, 7) is 0. The lowest BCUT2D eigenvalue weighted by molar-refractivity contribution is 0.0697. The Morgan fingerprint density at radius 2 is 2.10 bits per heavy atom. The molecule has 2 heterocycles. The molecule has 1 N–H and O–H groups in total. The highest BCUT2D eigenvalue weighted by molar-refractivity contribution is 9.10. The molecule has 0 unspecified atom stereocenters. The van der Waals surface area contributed by atoms with Crippen LogP contribution in [0.4, 0.5) is 0 Å².